The van der Waals surface area contributed by atoms with Crippen molar-refractivity contribution in [2.24, 2.45) is 5.92 Å². The zero-order chi connectivity index (χ0) is 17.1. The van der Waals surface area contributed by atoms with Crippen LogP contribution in [0.3, 0.4) is 0 Å². The van der Waals surface area contributed by atoms with Crippen LogP contribution in [-0.2, 0) is 4.79 Å². The normalized spacial score (nSPS) is 22.1. The zero-order valence-electron chi connectivity index (χ0n) is 14.2. The lowest BCUT2D eigenvalue weighted by molar-refractivity contribution is -0.133. The molecule has 0 spiro atoms. The number of hydrogen-bond donors (Lipinski definition) is 2. The standard InChI is InChI=1S/C19H27FN2O2/c1-2-17(13-3-5-15(20)6-4-13)22-11-9-14(10-12-22)18(23)19(24)21-16-7-8-16/h3-6,14,16-18,23H,2,7-12H2,1H3,(H,21,24). The van der Waals surface area contributed by atoms with Crippen LogP contribution in [0.4, 0.5) is 4.39 Å². The van der Waals surface area contributed by atoms with Crippen molar-refractivity contribution in [3.63, 3.8) is 0 Å². The fourth-order valence-corrected chi connectivity index (χ4v) is 3.66. The number of benzene rings is 1. The number of carbonyl (C=O) groups is 1. The van der Waals surface area contributed by atoms with Gasteiger partial charge in [-0.3, -0.25) is 9.69 Å². The van der Waals surface area contributed by atoms with Gasteiger partial charge in [-0.05, 0) is 68.8 Å². The van der Waals surface area contributed by atoms with Gasteiger partial charge in [-0.2, -0.15) is 0 Å². The fourth-order valence-electron chi connectivity index (χ4n) is 3.66. The predicted octanol–water partition coefficient (Wildman–Crippen LogP) is 2.63. The quantitative estimate of drug-likeness (QED) is 0.841. The predicted molar refractivity (Wildman–Crippen MR) is 90.9 cm³/mol. The Morgan fingerprint density at radius 2 is 1.88 bits per heavy atom. The minimum absolute atomic E-state index is 0.0331. The van der Waals surface area contributed by atoms with Gasteiger partial charge < -0.3 is 10.4 Å². The van der Waals surface area contributed by atoms with E-state index in [-0.39, 0.29) is 29.7 Å². The summed E-state index contributed by atoms with van der Waals surface area (Å²) in [5.41, 5.74) is 1.13. The number of aliphatic hydroxyl groups excluding tert-OH is 1. The van der Waals surface area contributed by atoms with Crippen molar-refractivity contribution < 1.29 is 14.3 Å². The number of hydrogen-bond acceptors (Lipinski definition) is 3. The first-order chi connectivity index (χ1) is 11.6. The lowest BCUT2D eigenvalue weighted by atomic mass is 9.89. The van der Waals surface area contributed by atoms with Crippen LogP contribution >= 0.6 is 0 Å². The number of carbonyl (C=O) groups excluding carboxylic acids is 1. The highest BCUT2D eigenvalue weighted by atomic mass is 19.1. The first-order valence-corrected chi connectivity index (χ1v) is 9.06. The van der Waals surface area contributed by atoms with Gasteiger partial charge in [-0.25, -0.2) is 4.39 Å². The highest BCUT2D eigenvalue weighted by Gasteiger charge is 2.34. The molecule has 2 N–H and O–H groups in total. The SMILES string of the molecule is CCC(c1ccc(F)cc1)N1CCC(C(O)C(=O)NC2CC2)CC1. The topological polar surface area (TPSA) is 52.6 Å². The third-order valence-corrected chi connectivity index (χ3v) is 5.30. The average Bonchev–Trinajstić information content (AvgIpc) is 3.41. The largest absolute Gasteiger partial charge is 0.383 e. The molecule has 1 saturated carbocycles. The Kier molecular flexibility index (Phi) is 5.51. The Labute approximate surface area is 143 Å². The van der Waals surface area contributed by atoms with E-state index in [1.54, 1.807) is 0 Å². The number of nitrogens with zero attached hydrogens (tertiary/aromatic N) is 1. The molecule has 4 nitrogen and oxygen atoms in total. The summed E-state index contributed by atoms with van der Waals surface area (Å²) in [6, 6.07) is 7.29. The number of aliphatic hydroxyl groups is 1. The van der Waals surface area contributed by atoms with E-state index < -0.39 is 6.10 Å². The second-order valence-corrected chi connectivity index (χ2v) is 7.08. The number of rotatable bonds is 6. The molecule has 2 fully saturated rings. The van der Waals surface area contributed by atoms with Gasteiger partial charge in [0.1, 0.15) is 11.9 Å². The molecule has 2 aliphatic rings. The van der Waals surface area contributed by atoms with Crippen LogP contribution in [0.2, 0.25) is 0 Å². The maximum atomic E-state index is 13.1. The lowest BCUT2D eigenvalue weighted by Crippen LogP contribution is -2.45. The molecule has 5 heteroatoms. The van der Waals surface area contributed by atoms with E-state index in [1.807, 2.05) is 12.1 Å². The molecule has 0 radical (unpaired) electrons. The molecular weight excluding hydrogens is 307 g/mol. The minimum atomic E-state index is -0.890. The van der Waals surface area contributed by atoms with E-state index in [0.717, 1.165) is 50.8 Å². The Balaban J connectivity index is 1.54. The Morgan fingerprint density at radius 3 is 2.42 bits per heavy atom. The van der Waals surface area contributed by atoms with Crippen molar-refractivity contribution in [2.75, 3.05) is 13.1 Å². The Morgan fingerprint density at radius 1 is 1.25 bits per heavy atom. The molecule has 0 bridgehead atoms. The summed E-state index contributed by atoms with van der Waals surface area (Å²) < 4.78 is 13.1. The van der Waals surface area contributed by atoms with Crippen molar-refractivity contribution in [3.8, 4) is 0 Å². The number of amides is 1. The minimum Gasteiger partial charge on any atom is -0.383 e. The van der Waals surface area contributed by atoms with Crippen LogP contribution in [0.25, 0.3) is 0 Å². The second kappa shape index (κ2) is 7.62. The third-order valence-electron chi connectivity index (χ3n) is 5.30. The molecule has 1 saturated heterocycles. The van der Waals surface area contributed by atoms with Crippen molar-refractivity contribution in [1.29, 1.82) is 0 Å². The van der Waals surface area contributed by atoms with Crippen molar-refractivity contribution in [1.82, 2.24) is 10.2 Å². The van der Waals surface area contributed by atoms with E-state index in [1.165, 1.54) is 12.1 Å². The molecule has 1 heterocycles. The number of likely N-dealkylation sites (tertiary alicyclic amines) is 1. The van der Waals surface area contributed by atoms with Gasteiger partial charge in [0.15, 0.2) is 0 Å². The second-order valence-electron chi connectivity index (χ2n) is 7.08. The van der Waals surface area contributed by atoms with E-state index in [4.69, 9.17) is 0 Å². The molecule has 1 aromatic carbocycles. The molecule has 3 rings (SSSR count). The van der Waals surface area contributed by atoms with Crippen LogP contribution in [-0.4, -0.2) is 41.1 Å². The summed E-state index contributed by atoms with van der Waals surface area (Å²) in [7, 11) is 0. The van der Waals surface area contributed by atoms with Gasteiger partial charge in [0.2, 0.25) is 5.91 Å². The van der Waals surface area contributed by atoms with Crippen LogP contribution in [0, 0.1) is 11.7 Å². The molecule has 0 aromatic heterocycles. The molecule has 2 atom stereocenters. The molecule has 1 aliphatic heterocycles. The van der Waals surface area contributed by atoms with Gasteiger partial charge in [-0.1, -0.05) is 19.1 Å². The monoisotopic (exact) mass is 334 g/mol. The molecule has 1 aromatic rings. The zero-order valence-corrected chi connectivity index (χ0v) is 14.2. The highest BCUT2D eigenvalue weighted by molar-refractivity contribution is 5.81. The summed E-state index contributed by atoms with van der Waals surface area (Å²) in [5, 5.41) is 13.2. The van der Waals surface area contributed by atoms with Crippen molar-refractivity contribution in [2.45, 2.75) is 57.2 Å². The first-order valence-electron chi connectivity index (χ1n) is 9.06. The molecule has 1 aliphatic carbocycles. The molecule has 1 amide bonds. The van der Waals surface area contributed by atoms with Crippen molar-refractivity contribution in [3.05, 3.63) is 35.6 Å². The fraction of sp³-hybridized carbons (Fsp3) is 0.632. The molecule has 2 unspecified atom stereocenters. The number of halogens is 1. The maximum absolute atomic E-state index is 13.1. The summed E-state index contributed by atoms with van der Waals surface area (Å²) in [6.45, 7) is 3.85. The van der Waals surface area contributed by atoms with E-state index in [0.29, 0.717) is 0 Å². The molecular formula is C19H27FN2O2. The highest BCUT2D eigenvalue weighted by Crippen LogP contribution is 2.31. The number of piperidine rings is 1. The number of nitrogens with one attached hydrogen (secondary N) is 1. The van der Waals surface area contributed by atoms with Gasteiger partial charge in [-0.15, -0.1) is 0 Å². The summed E-state index contributed by atoms with van der Waals surface area (Å²) in [4.78, 5) is 14.4. The van der Waals surface area contributed by atoms with Gasteiger partial charge >= 0.3 is 0 Å². The summed E-state index contributed by atoms with van der Waals surface area (Å²) >= 11 is 0. The molecule has 24 heavy (non-hydrogen) atoms. The van der Waals surface area contributed by atoms with E-state index in [2.05, 4.69) is 17.1 Å². The van der Waals surface area contributed by atoms with E-state index >= 15 is 0 Å². The van der Waals surface area contributed by atoms with Crippen LogP contribution < -0.4 is 5.32 Å². The van der Waals surface area contributed by atoms with Gasteiger partial charge in [0.05, 0.1) is 0 Å². The van der Waals surface area contributed by atoms with Crippen LogP contribution in [0.5, 0.6) is 0 Å². The Hall–Kier alpha value is -1.46. The smallest absolute Gasteiger partial charge is 0.249 e. The van der Waals surface area contributed by atoms with Gasteiger partial charge in [0, 0.05) is 12.1 Å². The molecule has 132 valence electrons. The van der Waals surface area contributed by atoms with Crippen LogP contribution in [0.15, 0.2) is 24.3 Å². The van der Waals surface area contributed by atoms with Crippen LogP contribution in [0.1, 0.15) is 50.6 Å². The van der Waals surface area contributed by atoms with Gasteiger partial charge in [0.25, 0.3) is 0 Å². The summed E-state index contributed by atoms with van der Waals surface area (Å²) in [5.74, 6) is -0.385. The average molecular weight is 334 g/mol. The lowest BCUT2D eigenvalue weighted by Gasteiger charge is -2.38. The summed E-state index contributed by atoms with van der Waals surface area (Å²) in [6.07, 6.45) is 3.77. The third kappa shape index (κ3) is 4.14. The first kappa shape index (κ1) is 17.4. The van der Waals surface area contributed by atoms with E-state index in [9.17, 15) is 14.3 Å². The maximum Gasteiger partial charge on any atom is 0.249 e. The van der Waals surface area contributed by atoms with Crippen molar-refractivity contribution >= 4 is 5.91 Å². The Bertz CT molecular complexity index is 551.